The van der Waals surface area contributed by atoms with E-state index in [1.807, 2.05) is 53.4 Å². The van der Waals surface area contributed by atoms with E-state index in [0.717, 1.165) is 62.2 Å². The summed E-state index contributed by atoms with van der Waals surface area (Å²) in [7, 11) is 0. The molecule has 1 unspecified atom stereocenters. The molecule has 9 heteroatoms. The quantitative estimate of drug-likeness (QED) is 0.182. The summed E-state index contributed by atoms with van der Waals surface area (Å²) in [6.45, 7) is 4.89. The average molecular weight is 684 g/mol. The van der Waals surface area contributed by atoms with Crippen molar-refractivity contribution in [2.75, 3.05) is 19.8 Å². The number of aliphatic carboxylic acids is 1. The molecular formula is C37H35BrN2O6. The van der Waals surface area contributed by atoms with Crippen molar-refractivity contribution in [2.24, 2.45) is 0 Å². The second kappa shape index (κ2) is 14.3. The predicted octanol–water partition coefficient (Wildman–Crippen LogP) is 7.66. The maximum atomic E-state index is 12.0. The van der Waals surface area contributed by atoms with E-state index >= 15 is 0 Å². The zero-order valence-corrected chi connectivity index (χ0v) is 27.2. The first kappa shape index (κ1) is 31.5. The number of piperidine rings is 1. The molecule has 0 amide bonds. The second-order valence-corrected chi connectivity index (χ2v) is 12.4. The highest BCUT2D eigenvalue weighted by Gasteiger charge is 2.29. The van der Waals surface area contributed by atoms with Crippen LogP contribution in [0.4, 0.5) is 0 Å². The highest BCUT2D eigenvalue weighted by Crippen LogP contribution is 2.38. The summed E-state index contributed by atoms with van der Waals surface area (Å²) in [4.78, 5) is 14.0. The van der Waals surface area contributed by atoms with E-state index in [9.17, 15) is 15.2 Å². The van der Waals surface area contributed by atoms with Crippen LogP contribution in [0.3, 0.4) is 0 Å². The van der Waals surface area contributed by atoms with Gasteiger partial charge in [-0.1, -0.05) is 42.8 Å². The minimum Gasteiger partial charge on any atom is -0.488 e. The van der Waals surface area contributed by atoms with Crippen LogP contribution in [0.5, 0.6) is 23.0 Å². The van der Waals surface area contributed by atoms with Crippen LogP contribution in [-0.4, -0.2) is 41.8 Å². The van der Waals surface area contributed by atoms with Crippen molar-refractivity contribution in [3.8, 4) is 40.2 Å². The van der Waals surface area contributed by atoms with Crippen molar-refractivity contribution < 1.29 is 28.8 Å². The normalized spacial score (nSPS) is 16.0. The highest BCUT2D eigenvalue weighted by atomic mass is 79.9. The number of carboxylic acid groups (broad SMARTS) is 1. The number of halogens is 1. The van der Waals surface area contributed by atoms with E-state index in [4.69, 9.17) is 18.9 Å². The van der Waals surface area contributed by atoms with Gasteiger partial charge in [-0.05, 0) is 100 Å². The summed E-state index contributed by atoms with van der Waals surface area (Å²) in [6.07, 6.45) is 2.48. The van der Waals surface area contributed by atoms with Crippen LogP contribution in [-0.2, 0) is 24.6 Å². The van der Waals surface area contributed by atoms with Crippen LogP contribution in [0.1, 0.15) is 47.1 Å². The second-order valence-electron chi connectivity index (χ2n) is 11.5. The summed E-state index contributed by atoms with van der Waals surface area (Å²) < 4.78 is 25.0. The van der Waals surface area contributed by atoms with Gasteiger partial charge < -0.3 is 24.1 Å². The first-order valence-electron chi connectivity index (χ1n) is 15.4. The number of likely N-dealkylation sites (tertiary alicyclic amines) is 1. The summed E-state index contributed by atoms with van der Waals surface area (Å²) in [6, 6.07) is 25.0. The molecule has 1 fully saturated rings. The Morgan fingerprint density at radius 3 is 2.59 bits per heavy atom. The maximum absolute atomic E-state index is 12.0. The van der Waals surface area contributed by atoms with Crippen molar-refractivity contribution in [1.82, 2.24) is 4.90 Å². The lowest BCUT2D eigenvalue weighted by molar-refractivity contribution is -0.144. The molecule has 6 rings (SSSR count). The molecule has 1 atom stereocenters. The third-order valence-corrected chi connectivity index (χ3v) is 9.14. The monoisotopic (exact) mass is 682 g/mol. The molecule has 1 N–H and O–H groups in total. The first-order valence-corrected chi connectivity index (χ1v) is 16.2. The molecule has 1 saturated heterocycles. The number of carboxylic acids is 1. The minimum absolute atomic E-state index is 0.253. The van der Waals surface area contributed by atoms with Gasteiger partial charge in [0.2, 0.25) is 0 Å². The number of hydrogen-bond donors (Lipinski definition) is 1. The molecule has 0 radical (unpaired) electrons. The van der Waals surface area contributed by atoms with Crippen LogP contribution < -0.4 is 18.9 Å². The molecule has 0 spiro atoms. The molecule has 236 valence electrons. The summed E-state index contributed by atoms with van der Waals surface area (Å²) in [5.74, 6) is 1.93. The molecule has 4 aromatic rings. The van der Waals surface area contributed by atoms with E-state index in [1.165, 1.54) is 0 Å². The van der Waals surface area contributed by atoms with Gasteiger partial charge in [0.05, 0.1) is 16.1 Å². The van der Waals surface area contributed by atoms with Gasteiger partial charge in [-0.3, -0.25) is 9.69 Å². The molecule has 0 aliphatic carbocycles. The van der Waals surface area contributed by atoms with Crippen molar-refractivity contribution in [1.29, 1.82) is 5.26 Å². The fraction of sp³-hybridized carbons (Fsp3) is 0.297. The number of fused-ring (bicyclic) bond motifs is 1. The van der Waals surface area contributed by atoms with E-state index < -0.39 is 12.0 Å². The Morgan fingerprint density at radius 2 is 1.76 bits per heavy atom. The molecule has 0 saturated carbocycles. The number of ether oxygens (including phenoxy) is 4. The van der Waals surface area contributed by atoms with Gasteiger partial charge in [0, 0.05) is 18.2 Å². The molecule has 2 heterocycles. The van der Waals surface area contributed by atoms with Crippen molar-refractivity contribution in [3.63, 3.8) is 0 Å². The van der Waals surface area contributed by atoms with Crippen LogP contribution in [0.15, 0.2) is 77.3 Å². The Balaban J connectivity index is 1.25. The topological polar surface area (TPSA) is 101 Å². The maximum Gasteiger partial charge on any atom is 0.320 e. The van der Waals surface area contributed by atoms with E-state index in [1.54, 1.807) is 12.1 Å². The van der Waals surface area contributed by atoms with E-state index in [0.29, 0.717) is 56.4 Å². The average Bonchev–Trinajstić information content (AvgIpc) is 3.08. The summed E-state index contributed by atoms with van der Waals surface area (Å²) in [5, 5.41) is 19.2. The van der Waals surface area contributed by atoms with Gasteiger partial charge in [0.15, 0.2) is 11.5 Å². The zero-order chi connectivity index (χ0) is 32.0. The molecule has 2 aliphatic heterocycles. The number of nitriles is 1. The van der Waals surface area contributed by atoms with E-state index in [2.05, 4.69) is 41.1 Å². The third-order valence-electron chi connectivity index (χ3n) is 8.52. The predicted molar refractivity (Wildman–Crippen MR) is 177 cm³/mol. The number of rotatable bonds is 10. The largest absolute Gasteiger partial charge is 0.488 e. The Kier molecular flexibility index (Phi) is 9.76. The number of hydrogen-bond acceptors (Lipinski definition) is 7. The first-order chi connectivity index (χ1) is 22.4. The Labute approximate surface area is 277 Å². The lowest BCUT2D eigenvalue weighted by atomic mass is 9.96. The minimum atomic E-state index is -0.802. The number of benzene rings is 4. The molecule has 0 bridgehead atoms. The lowest BCUT2D eigenvalue weighted by Gasteiger charge is -2.33. The Bertz CT molecular complexity index is 1780. The molecular weight excluding hydrogens is 648 g/mol. The van der Waals surface area contributed by atoms with Gasteiger partial charge in [-0.15, -0.1) is 0 Å². The Hall–Kier alpha value is -4.52. The molecule has 4 aromatic carbocycles. The van der Waals surface area contributed by atoms with Crippen LogP contribution in [0.2, 0.25) is 0 Å². The number of nitrogens with zero attached hydrogens (tertiary/aromatic N) is 2. The van der Waals surface area contributed by atoms with Crippen LogP contribution >= 0.6 is 15.9 Å². The van der Waals surface area contributed by atoms with Gasteiger partial charge in [-0.25, -0.2) is 0 Å². The van der Waals surface area contributed by atoms with Crippen molar-refractivity contribution in [3.05, 3.63) is 105 Å². The fourth-order valence-electron chi connectivity index (χ4n) is 6.03. The van der Waals surface area contributed by atoms with Gasteiger partial charge >= 0.3 is 5.97 Å². The van der Waals surface area contributed by atoms with Crippen LogP contribution in [0, 0.1) is 18.3 Å². The van der Waals surface area contributed by atoms with Crippen molar-refractivity contribution >= 4 is 21.9 Å². The summed E-state index contributed by atoms with van der Waals surface area (Å²) >= 11 is 3.71. The molecule has 2 aliphatic rings. The fourth-order valence-corrected chi connectivity index (χ4v) is 6.54. The number of carbonyl (C=O) groups is 1. The SMILES string of the molecule is Cc1c(COc2cc(OCc3cccc(C#N)c3)c(CN3CCCCC3C(=O)O)cc2Br)cccc1-c1ccc2c(c1)OCCO2. The standard InChI is InChI=1S/C37H35BrN2O6/c1-24-28(8-5-9-30(24)27-11-12-33-36(18-27)44-15-14-43-33)23-46-35-19-34(45-22-26-7-4-6-25(16-26)20-39)29(17-31(35)38)21-40-13-3-2-10-32(40)37(41)42/h4-9,11-12,16-19,32H,2-3,10,13-15,21-23H2,1H3,(H,41,42). The highest BCUT2D eigenvalue weighted by molar-refractivity contribution is 9.10. The zero-order valence-electron chi connectivity index (χ0n) is 25.6. The smallest absolute Gasteiger partial charge is 0.320 e. The van der Waals surface area contributed by atoms with Crippen molar-refractivity contribution in [2.45, 2.75) is 52.0 Å². The van der Waals surface area contributed by atoms with Crippen LogP contribution in [0.25, 0.3) is 11.1 Å². The summed E-state index contributed by atoms with van der Waals surface area (Å²) in [5.41, 5.74) is 6.56. The molecule has 46 heavy (non-hydrogen) atoms. The van der Waals surface area contributed by atoms with Gasteiger partial charge in [-0.2, -0.15) is 5.26 Å². The lowest BCUT2D eigenvalue weighted by Crippen LogP contribution is -2.44. The third kappa shape index (κ3) is 7.14. The molecule has 8 nitrogen and oxygen atoms in total. The molecule has 0 aromatic heterocycles. The Morgan fingerprint density at radius 1 is 0.957 bits per heavy atom. The van der Waals surface area contributed by atoms with Gasteiger partial charge in [0.25, 0.3) is 0 Å². The van der Waals surface area contributed by atoms with Gasteiger partial charge in [0.1, 0.15) is 44.0 Å². The van der Waals surface area contributed by atoms with E-state index in [-0.39, 0.29) is 6.61 Å².